The molecule has 0 unspecified atom stereocenters. The molecule has 0 spiro atoms. The fraction of sp³-hybridized carbons (Fsp3) is 0.444. The lowest BCUT2D eigenvalue weighted by molar-refractivity contribution is -0.148. The molecule has 1 aliphatic rings. The lowest BCUT2D eigenvalue weighted by atomic mass is 9.85. The van der Waals surface area contributed by atoms with Gasteiger partial charge in [-0.15, -0.1) is 0 Å². The van der Waals surface area contributed by atoms with E-state index in [1.165, 1.54) is 18.2 Å². The van der Waals surface area contributed by atoms with Gasteiger partial charge in [-0.1, -0.05) is 67.1 Å². The van der Waals surface area contributed by atoms with Crippen LogP contribution in [0.15, 0.2) is 60.7 Å². The summed E-state index contributed by atoms with van der Waals surface area (Å²) >= 11 is 0. The van der Waals surface area contributed by atoms with E-state index in [0.717, 1.165) is 17.7 Å². The predicted octanol–water partition coefficient (Wildman–Crippen LogP) is 5.31. The molecule has 0 saturated carbocycles. The van der Waals surface area contributed by atoms with E-state index in [4.69, 9.17) is 9.47 Å². The van der Waals surface area contributed by atoms with Crippen molar-refractivity contribution in [3.05, 3.63) is 71.8 Å². The Labute approximate surface area is 195 Å². The van der Waals surface area contributed by atoms with Gasteiger partial charge in [-0.25, -0.2) is 14.5 Å². The third-order valence-corrected chi connectivity index (χ3v) is 5.92. The first-order valence-electron chi connectivity index (χ1n) is 11.4. The molecule has 2 aromatic carbocycles. The highest BCUT2D eigenvalue weighted by molar-refractivity contribution is 6.00. The quantitative estimate of drug-likeness (QED) is 0.533. The number of amides is 2. The van der Waals surface area contributed by atoms with Crippen molar-refractivity contribution in [2.75, 3.05) is 7.11 Å². The van der Waals surface area contributed by atoms with Crippen LogP contribution in [-0.4, -0.2) is 41.6 Å². The third kappa shape index (κ3) is 6.21. The minimum Gasteiger partial charge on any atom is -0.467 e. The van der Waals surface area contributed by atoms with E-state index in [2.05, 4.69) is 24.3 Å². The average Bonchev–Trinajstić information content (AvgIpc) is 3.12. The summed E-state index contributed by atoms with van der Waals surface area (Å²) in [6, 6.07) is 19.7. The Kier molecular flexibility index (Phi) is 7.90. The first kappa shape index (κ1) is 24.5. The smallest absolute Gasteiger partial charge is 0.417 e. The van der Waals surface area contributed by atoms with E-state index < -0.39 is 29.6 Å². The van der Waals surface area contributed by atoms with Crippen LogP contribution in [0.1, 0.15) is 63.5 Å². The molecule has 1 heterocycles. The average molecular weight is 452 g/mol. The molecule has 1 saturated heterocycles. The molecule has 0 aromatic heterocycles. The number of nitrogens with zero attached hydrogens (tertiary/aromatic N) is 1. The molecular formula is C27H33NO5. The van der Waals surface area contributed by atoms with Crippen LogP contribution in [0, 0.1) is 5.92 Å². The van der Waals surface area contributed by atoms with E-state index in [-0.39, 0.29) is 18.2 Å². The molecule has 0 bridgehead atoms. The number of carbonyl (C=O) groups is 3. The number of rotatable bonds is 7. The summed E-state index contributed by atoms with van der Waals surface area (Å²) < 4.78 is 10.2. The second-order valence-electron chi connectivity index (χ2n) is 9.47. The highest BCUT2D eigenvalue weighted by Crippen LogP contribution is 2.34. The second-order valence-corrected chi connectivity index (χ2v) is 9.47. The Hall–Kier alpha value is -3.15. The highest BCUT2D eigenvalue weighted by atomic mass is 16.6. The van der Waals surface area contributed by atoms with Crippen molar-refractivity contribution in [1.82, 2.24) is 4.90 Å². The topological polar surface area (TPSA) is 72.9 Å². The van der Waals surface area contributed by atoms with E-state index in [1.807, 2.05) is 36.4 Å². The standard InChI is InChI=1S/C27H33NO5/c1-27(2,3)33-26(31)28-23(25(30)32-4)18-21(24(28)29)16-11-17-22(19-12-7-5-8-13-19)20-14-9-6-10-15-20/h5-10,12-15,21-23H,11,16-18H2,1-4H3/t21-,23+/m1/s1. The van der Waals surface area contributed by atoms with Gasteiger partial charge in [0.15, 0.2) is 0 Å². The van der Waals surface area contributed by atoms with E-state index in [0.29, 0.717) is 6.42 Å². The summed E-state index contributed by atoms with van der Waals surface area (Å²) in [5.41, 5.74) is 1.68. The number of hydrogen-bond acceptors (Lipinski definition) is 5. The maximum absolute atomic E-state index is 13.1. The van der Waals surface area contributed by atoms with Crippen molar-refractivity contribution in [3.63, 3.8) is 0 Å². The number of carbonyl (C=O) groups excluding carboxylic acids is 3. The van der Waals surface area contributed by atoms with Crippen LogP contribution in [0.3, 0.4) is 0 Å². The van der Waals surface area contributed by atoms with E-state index in [9.17, 15) is 14.4 Å². The number of methoxy groups -OCH3 is 1. The molecule has 3 rings (SSSR count). The number of ether oxygens (including phenoxy) is 2. The molecule has 6 nitrogen and oxygen atoms in total. The summed E-state index contributed by atoms with van der Waals surface area (Å²) in [6.07, 6.45) is 1.68. The zero-order chi connectivity index (χ0) is 24.0. The van der Waals surface area contributed by atoms with Crippen LogP contribution in [-0.2, 0) is 19.1 Å². The summed E-state index contributed by atoms with van der Waals surface area (Å²) in [4.78, 5) is 39.0. The highest BCUT2D eigenvalue weighted by Gasteiger charge is 2.48. The van der Waals surface area contributed by atoms with Gasteiger partial charge >= 0.3 is 12.1 Å². The van der Waals surface area contributed by atoms with Gasteiger partial charge in [0.1, 0.15) is 11.6 Å². The van der Waals surface area contributed by atoms with Gasteiger partial charge in [0.25, 0.3) is 0 Å². The minimum atomic E-state index is -0.943. The van der Waals surface area contributed by atoms with Crippen molar-refractivity contribution in [3.8, 4) is 0 Å². The minimum absolute atomic E-state index is 0.210. The molecule has 0 aliphatic carbocycles. The zero-order valence-electron chi connectivity index (χ0n) is 19.8. The molecule has 2 amide bonds. The number of imide groups is 1. The van der Waals surface area contributed by atoms with Crippen molar-refractivity contribution < 1.29 is 23.9 Å². The first-order chi connectivity index (χ1) is 15.7. The fourth-order valence-corrected chi connectivity index (χ4v) is 4.40. The van der Waals surface area contributed by atoms with Crippen LogP contribution in [0.5, 0.6) is 0 Å². The van der Waals surface area contributed by atoms with Crippen LogP contribution in [0.2, 0.25) is 0 Å². The molecule has 2 aromatic rings. The predicted molar refractivity (Wildman–Crippen MR) is 126 cm³/mol. The van der Waals surface area contributed by atoms with E-state index >= 15 is 0 Å². The van der Waals surface area contributed by atoms with Gasteiger partial charge in [0.2, 0.25) is 5.91 Å². The molecule has 1 aliphatic heterocycles. The number of hydrogen-bond donors (Lipinski definition) is 0. The Morgan fingerprint density at radius 1 is 1.00 bits per heavy atom. The molecule has 176 valence electrons. The van der Waals surface area contributed by atoms with Gasteiger partial charge in [-0.05, 0) is 51.2 Å². The molecule has 2 atom stereocenters. The van der Waals surface area contributed by atoms with E-state index in [1.54, 1.807) is 20.8 Å². The fourth-order valence-electron chi connectivity index (χ4n) is 4.40. The number of esters is 1. The molecular weight excluding hydrogens is 418 g/mol. The third-order valence-electron chi connectivity index (χ3n) is 5.92. The van der Waals surface area contributed by atoms with Gasteiger partial charge in [-0.3, -0.25) is 4.79 Å². The molecule has 1 fully saturated rings. The molecule has 0 N–H and O–H groups in total. The Morgan fingerprint density at radius 3 is 2.03 bits per heavy atom. The lowest BCUT2D eigenvalue weighted by Crippen LogP contribution is -2.46. The SMILES string of the molecule is COC(=O)[C@@H]1C[C@@H](CCCC(c2ccccc2)c2ccccc2)C(=O)N1C(=O)OC(C)(C)C. The van der Waals surface area contributed by atoms with Crippen molar-refractivity contribution >= 4 is 18.0 Å². The largest absolute Gasteiger partial charge is 0.467 e. The number of likely N-dealkylation sites (tertiary alicyclic amines) is 1. The van der Waals surface area contributed by atoms with Gasteiger partial charge in [0, 0.05) is 11.8 Å². The Balaban J connectivity index is 1.71. The lowest BCUT2D eigenvalue weighted by Gasteiger charge is -2.26. The van der Waals surface area contributed by atoms with Crippen molar-refractivity contribution in [2.24, 2.45) is 5.92 Å². The number of benzene rings is 2. The maximum Gasteiger partial charge on any atom is 0.417 e. The van der Waals surface area contributed by atoms with Crippen LogP contribution < -0.4 is 0 Å². The second kappa shape index (κ2) is 10.6. The van der Waals surface area contributed by atoms with Crippen LogP contribution in [0.4, 0.5) is 4.79 Å². The monoisotopic (exact) mass is 451 g/mol. The van der Waals surface area contributed by atoms with Gasteiger partial charge < -0.3 is 9.47 Å². The summed E-state index contributed by atoms with van der Waals surface area (Å²) in [7, 11) is 1.26. The summed E-state index contributed by atoms with van der Waals surface area (Å²) in [5, 5.41) is 0. The van der Waals surface area contributed by atoms with Gasteiger partial charge in [-0.2, -0.15) is 0 Å². The normalized spacial score (nSPS) is 18.5. The summed E-state index contributed by atoms with van der Waals surface area (Å²) in [5.74, 6) is -1.17. The first-order valence-corrected chi connectivity index (χ1v) is 11.4. The Bertz CT molecular complexity index is 912. The van der Waals surface area contributed by atoms with Gasteiger partial charge in [0.05, 0.1) is 7.11 Å². The molecule has 33 heavy (non-hydrogen) atoms. The maximum atomic E-state index is 13.1. The summed E-state index contributed by atoms with van der Waals surface area (Å²) in [6.45, 7) is 5.18. The Morgan fingerprint density at radius 2 is 1.55 bits per heavy atom. The van der Waals surface area contributed by atoms with Crippen molar-refractivity contribution in [2.45, 2.75) is 64.0 Å². The van der Waals surface area contributed by atoms with Crippen LogP contribution in [0.25, 0.3) is 0 Å². The van der Waals surface area contributed by atoms with Crippen LogP contribution >= 0.6 is 0 Å². The zero-order valence-corrected chi connectivity index (χ0v) is 19.8. The molecule has 0 radical (unpaired) electrons. The van der Waals surface area contributed by atoms with Crippen molar-refractivity contribution in [1.29, 1.82) is 0 Å². The molecule has 6 heteroatoms.